The minimum absolute atomic E-state index is 0.739. The molecule has 0 amide bonds. The van der Waals surface area contributed by atoms with Crippen molar-refractivity contribution in [3.8, 4) is 0 Å². The minimum atomic E-state index is 0.739. The molecule has 0 spiro atoms. The van der Waals surface area contributed by atoms with Gasteiger partial charge in [-0.3, -0.25) is 4.90 Å². The second-order valence-corrected chi connectivity index (χ2v) is 4.96. The number of hydrogen-bond acceptors (Lipinski definition) is 4. The Morgan fingerprint density at radius 2 is 2.33 bits per heavy atom. The first-order chi connectivity index (χ1) is 8.79. The summed E-state index contributed by atoms with van der Waals surface area (Å²) in [5.74, 6) is 1.07. The lowest BCUT2D eigenvalue weighted by atomic mass is 10.2. The van der Waals surface area contributed by atoms with E-state index in [1.807, 2.05) is 6.92 Å². The normalized spacial score (nSPS) is 15.5. The summed E-state index contributed by atoms with van der Waals surface area (Å²) in [4.78, 5) is 2.23. The third-order valence-corrected chi connectivity index (χ3v) is 3.23. The molecule has 0 aliphatic heterocycles. The standard InChI is InChI=1S/C14H24N2O2/c1-3-17-9-7-16(2)11-14-12(6-8-18-14)10-15-13-4-5-13/h6,8,13,15H,3-5,7,9-11H2,1-2H3. The molecule has 1 N–H and O–H groups in total. The molecule has 4 nitrogen and oxygen atoms in total. The Labute approximate surface area is 109 Å². The van der Waals surface area contributed by atoms with Crippen LogP contribution in [-0.2, 0) is 17.8 Å². The van der Waals surface area contributed by atoms with Crippen LogP contribution in [-0.4, -0.2) is 37.7 Å². The average Bonchev–Trinajstić information content (AvgIpc) is 3.08. The minimum Gasteiger partial charge on any atom is -0.468 e. The van der Waals surface area contributed by atoms with Crippen LogP contribution in [0.1, 0.15) is 31.1 Å². The average molecular weight is 252 g/mol. The number of furan rings is 1. The number of hydrogen-bond donors (Lipinski definition) is 1. The molecule has 18 heavy (non-hydrogen) atoms. The van der Waals surface area contributed by atoms with E-state index in [2.05, 4.69) is 23.3 Å². The van der Waals surface area contributed by atoms with Gasteiger partial charge in [-0.25, -0.2) is 0 Å². The van der Waals surface area contributed by atoms with Crippen molar-refractivity contribution >= 4 is 0 Å². The molecule has 1 heterocycles. The van der Waals surface area contributed by atoms with Crippen molar-refractivity contribution in [3.05, 3.63) is 23.7 Å². The fourth-order valence-corrected chi connectivity index (χ4v) is 1.89. The lowest BCUT2D eigenvalue weighted by molar-refractivity contribution is 0.118. The van der Waals surface area contributed by atoms with E-state index in [9.17, 15) is 0 Å². The van der Waals surface area contributed by atoms with Crippen LogP contribution in [0.4, 0.5) is 0 Å². The van der Waals surface area contributed by atoms with E-state index in [0.29, 0.717) is 0 Å². The van der Waals surface area contributed by atoms with Crippen LogP contribution in [0.25, 0.3) is 0 Å². The SMILES string of the molecule is CCOCCN(C)Cc1occc1CNC1CC1. The predicted octanol–water partition coefficient (Wildman–Crippen LogP) is 2.00. The number of nitrogens with one attached hydrogen (secondary N) is 1. The predicted molar refractivity (Wildman–Crippen MR) is 71.4 cm³/mol. The van der Waals surface area contributed by atoms with E-state index in [4.69, 9.17) is 9.15 Å². The molecule has 0 atom stereocenters. The summed E-state index contributed by atoms with van der Waals surface area (Å²) in [6.45, 7) is 6.30. The van der Waals surface area contributed by atoms with Gasteiger partial charge < -0.3 is 14.5 Å². The number of rotatable bonds is 9. The molecule has 1 aliphatic carbocycles. The van der Waals surface area contributed by atoms with Crippen LogP contribution in [0.15, 0.2) is 16.7 Å². The highest BCUT2D eigenvalue weighted by Crippen LogP contribution is 2.20. The zero-order chi connectivity index (χ0) is 12.8. The highest BCUT2D eigenvalue weighted by Gasteiger charge is 2.21. The van der Waals surface area contributed by atoms with Crippen LogP contribution < -0.4 is 5.32 Å². The molecule has 1 saturated carbocycles. The van der Waals surface area contributed by atoms with Crippen LogP contribution in [0.2, 0.25) is 0 Å². The summed E-state index contributed by atoms with van der Waals surface area (Å²) in [5, 5.41) is 3.52. The van der Waals surface area contributed by atoms with Gasteiger partial charge >= 0.3 is 0 Å². The maximum absolute atomic E-state index is 5.57. The summed E-state index contributed by atoms with van der Waals surface area (Å²) in [6.07, 6.45) is 4.43. The smallest absolute Gasteiger partial charge is 0.122 e. The molecule has 1 aromatic heterocycles. The molecule has 102 valence electrons. The molecule has 1 fully saturated rings. The van der Waals surface area contributed by atoms with Crippen LogP contribution in [0.3, 0.4) is 0 Å². The van der Waals surface area contributed by atoms with Crippen molar-refractivity contribution in [2.75, 3.05) is 26.8 Å². The Kier molecular flexibility index (Phi) is 5.23. The topological polar surface area (TPSA) is 37.6 Å². The maximum atomic E-state index is 5.57. The Hall–Kier alpha value is -0.840. The molecule has 0 unspecified atom stereocenters. The van der Waals surface area contributed by atoms with Crippen LogP contribution in [0, 0.1) is 0 Å². The third kappa shape index (κ3) is 4.44. The second-order valence-electron chi connectivity index (χ2n) is 4.96. The first-order valence-corrected chi connectivity index (χ1v) is 6.84. The molecule has 1 aliphatic rings. The van der Waals surface area contributed by atoms with Gasteiger partial charge in [0.25, 0.3) is 0 Å². The van der Waals surface area contributed by atoms with Crippen molar-refractivity contribution in [2.45, 2.75) is 38.9 Å². The van der Waals surface area contributed by atoms with Crippen LogP contribution >= 0.6 is 0 Å². The van der Waals surface area contributed by atoms with Gasteiger partial charge in [-0.2, -0.15) is 0 Å². The quantitative estimate of drug-likeness (QED) is 0.682. The van der Waals surface area contributed by atoms with Crippen molar-refractivity contribution in [3.63, 3.8) is 0 Å². The molecule has 0 radical (unpaired) electrons. The Morgan fingerprint density at radius 3 is 3.06 bits per heavy atom. The molecular weight excluding hydrogens is 228 g/mol. The van der Waals surface area contributed by atoms with Gasteiger partial charge in [-0.05, 0) is 32.9 Å². The monoisotopic (exact) mass is 252 g/mol. The molecule has 0 saturated heterocycles. The summed E-state index contributed by atoms with van der Waals surface area (Å²) >= 11 is 0. The number of nitrogens with zero attached hydrogens (tertiary/aromatic N) is 1. The largest absolute Gasteiger partial charge is 0.468 e. The van der Waals surface area contributed by atoms with E-state index >= 15 is 0 Å². The van der Waals surface area contributed by atoms with Crippen LogP contribution in [0.5, 0.6) is 0 Å². The van der Waals surface area contributed by atoms with E-state index in [0.717, 1.165) is 44.7 Å². The maximum Gasteiger partial charge on any atom is 0.122 e. The third-order valence-electron chi connectivity index (χ3n) is 3.23. The summed E-state index contributed by atoms with van der Waals surface area (Å²) in [7, 11) is 2.10. The lowest BCUT2D eigenvalue weighted by Crippen LogP contribution is -2.24. The highest BCUT2D eigenvalue weighted by atomic mass is 16.5. The van der Waals surface area contributed by atoms with Gasteiger partial charge in [0.05, 0.1) is 19.4 Å². The zero-order valence-corrected chi connectivity index (χ0v) is 11.4. The van der Waals surface area contributed by atoms with Crippen molar-refractivity contribution < 1.29 is 9.15 Å². The first-order valence-electron chi connectivity index (χ1n) is 6.84. The first kappa shape index (κ1) is 13.6. The molecule has 4 heteroatoms. The van der Waals surface area contributed by atoms with E-state index in [-0.39, 0.29) is 0 Å². The number of ether oxygens (including phenoxy) is 1. The van der Waals surface area contributed by atoms with Gasteiger partial charge in [0.1, 0.15) is 5.76 Å². The number of likely N-dealkylation sites (N-methyl/N-ethyl adjacent to an activating group) is 1. The molecule has 0 aromatic carbocycles. The lowest BCUT2D eigenvalue weighted by Gasteiger charge is -2.15. The van der Waals surface area contributed by atoms with Gasteiger partial charge in [0.2, 0.25) is 0 Å². The van der Waals surface area contributed by atoms with E-state index < -0.39 is 0 Å². The fourth-order valence-electron chi connectivity index (χ4n) is 1.89. The van der Waals surface area contributed by atoms with Crippen molar-refractivity contribution in [1.82, 2.24) is 10.2 Å². The van der Waals surface area contributed by atoms with Gasteiger partial charge in [0, 0.05) is 31.3 Å². The molecule has 2 rings (SSSR count). The highest BCUT2D eigenvalue weighted by molar-refractivity contribution is 5.17. The van der Waals surface area contributed by atoms with Gasteiger partial charge in [0.15, 0.2) is 0 Å². The second kappa shape index (κ2) is 6.92. The summed E-state index contributed by atoms with van der Waals surface area (Å²) in [6, 6.07) is 2.81. The molecule has 0 bridgehead atoms. The Balaban J connectivity index is 1.74. The zero-order valence-electron chi connectivity index (χ0n) is 11.4. The van der Waals surface area contributed by atoms with Crippen molar-refractivity contribution in [1.29, 1.82) is 0 Å². The Morgan fingerprint density at radius 1 is 1.50 bits per heavy atom. The molecular formula is C14H24N2O2. The van der Waals surface area contributed by atoms with Gasteiger partial charge in [-0.15, -0.1) is 0 Å². The summed E-state index contributed by atoms with van der Waals surface area (Å²) < 4.78 is 10.9. The van der Waals surface area contributed by atoms with Gasteiger partial charge in [-0.1, -0.05) is 0 Å². The van der Waals surface area contributed by atoms with E-state index in [1.165, 1.54) is 18.4 Å². The summed E-state index contributed by atoms with van der Waals surface area (Å²) in [5.41, 5.74) is 1.28. The molecule has 1 aromatic rings. The Bertz CT molecular complexity index is 347. The van der Waals surface area contributed by atoms with E-state index in [1.54, 1.807) is 6.26 Å². The van der Waals surface area contributed by atoms with Crippen molar-refractivity contribution in [2.24, 2.45) is 0 Å². The fraction of sp³-hybridized carbons (Fsp3) is 0.714.